The molecular weight excluding hydrogens is 320 g/mol. The van der Waals surface area contributed by atoms with Gasteiger partial charge in [-0.2, -0.15) is 0 Å². The van der Waals surface area contributed by atoms with Crippen LogP contribution < -0.4 is 15.0 Å². The fourth-order valence-electron chi connectivity index (χ4n) is 3.42. The third-order valence-electron chi connectivity index (χ3n) is 4.65. The fraction of sp³-hybridized carbons (Fsp3) is 0.211. The van der Waals surface area contributed by atoms with Crippen molar-refractivity contribution in [3.63, 3.8) is 0 Å². The topological polar surface area (TPSA) is 75.7 Å². The molecule has 2 amide bonds. The van der Waals surface area contributed by atoms with Crippen molar-refractivity contribution < 1.29 is 19.1 Å². The smallest absolute Gasteiger partial charge is 0.247 e. The summed E-state index contributed by atoms with van der Waals surface area (Å²) in [4.78, 5) is 39.7. The molecule has 2 heterocycles. The number of carbonyl (C=O) groups is 3. The maximum absolute atomic E-state index is 12.8. The molecule has 1 N–H and O–H groups in total. The lowest BCUT2D eigenvalue weighted by atomic mass is 9.89. The van der Waals surface area contributed by atoms with Crippen molar-refractivity contribution in [1.29, 1.82) is 0 Å². The van der Waals surface area contributed by atoms with Crippen molar-refractivity contribution in [2.45, 2.75) is 6.42 Å². The summed E-state index contributed by atoms with van der Waals surface area (Å²) in [6, 6.07) is 12.1. The van der Waals surface area contributed by atoms with Crippen LogP contribution in [0.4, 0.5) is 11.4 Å². The molecule has 6 nitrogen and oxygen atoms in total. The van der Waals surface area contributed by atoms with Gasteiger partial charge in [-0.15, -0.1) is 0 Å². The second-order valence-corrected chi connectivity index (χ2v) is 6.07. The summed E-state index contributed by atoms with van der Waals surface area (Å²) in [5.74, 6) is -2.19. The zero-order valence-electron chi connectivity index (χ0n) is 13.6. The number of para-hydroxylation sites is 1. The first-order valence-electron chi connectivity index (χ1n) is 8.02. The Hall–Kier alpha value is -3.15. The lowest BCUT2D eigenvalue weighted by molar-refractivity contribution is -0.129. The minimum absolute atomic E-state index is 0.439. The summed E-state index contributed by atoms with van der Waals surface area (Å²) in [6.07, 6.45) is 0.703. The Bertz CT molecular complexity index is 889. The first-order valence-corrected chi connectivity index (χ1v) is 8.02. The van der Waals surface area contributed by atoms with Crippen molar-refractivity contribution in [2.24, 2.45) is 5.92 Å². The van der Waals surface area contributed by atoms with Gasteiger partial charge < -0.3 is 15.0 Å². The van der Waals surface area contributed by atoms with Crippen LogP contribution in [0.5, 0.6) is 5.75 Å². The highest BCUT2D eigenvalue weighted by Gasteiger charge is 2.46. The van der Waals surface area contributed by atoms with Gasteiger partial charge in [0.1, 0.15) is 5.75 Å². The third kappa shape index (κ3) is 2.38. The van der Waals surface area contributed by atoms with Crippen molar-refractivity contribution in [3.05, 3.63) is 53.6 Å². The van der Waals surface area contributed by atoms with Crippen LogP contribution in [0.3, 0.4) is 0 Å². The SMILES string of the molecule is COc1ccc(NC(=O)C2C(=O)c3cccc4c3N(CC4)C2=O)cc1. The standard InChI is InChI=1S/C19H16N2O4/c1-25-13-7-5-12(6-8-13)20-18(23)15-17(22)14-4-2-3-11-9-10-21(16(11)14)19(15)24/h2-8,15H,9-10H2,1H3,(H,20,23). The number of ketones is 1. The molecule has 6 heteroatoms. The molecule has 0 aromatic heterocycles. The van der Waals surface area contributed by atoms with E-state index in [1.54, 1.807) is 48.4 Å². The highest BCUT2D eigenvalue weighted by Crippen LogP contribution is 2.38. The number of carbonyl (C=O) groups excluding carboxylic acids is 3. The minimum Gasteiger partial charge on any atom is -0.497 e. The predicted octanol–water partition coefficient (Wildman–Crippen LogP) is 2.04. The average molecular weight is 336 g/mol. The van der Waals surface area contributed by atoms with E-state index in [0.717, 1.165) is 5.56 Å². The molecule has 2 aromatic rings. The quantitative estimate of drug-likeness (QED) is 0.870. The van der Waals surface area contributed by atoms with Gasteiger partial charge in [0.05, 0.1) is 12.8 Å². The fourth-order valence-corrected chi connectivity index (χ4v) is 3.42. The second kappa shape index (κ2) is 5.73. The predicted molar refractivity (Wildman–Crippen MR) is 91.9 cm³/mol. The van der Waals surface area contributed by atoms with Gasteiger partial charge in [0, 0.05) is 17.8 Å². The monoisotopic (exact) mass is 336 g/mol. The summed E-state index contributed by atoms with van der Waals surface area (Å²) in [7, 11) is 1.55. The molecule has 0 bridgehead atoms. The molecule has 0 spiro atoms. The molecule has 2 aliphatic rings. The number of anilines is 2. The molecular formula is C19H16N2O4. The molecule has 126 valence electrons. The molecule has 0 saturated heterocycles. The molecule has 0 fully saturated rings. The number of nitrogens with one attached hydrogen (secondary N) is 1. The Morgan fingerprint density at radius 3 is 2.64 bits per heavy atom. The van der Waals surface area contributed by atoms with Gasteiger partial charge in [0.2, 0.25) is 11.8 Å². The van der Waals surface area contributed by atoms with Gasteiger partial charge in [0.25, 0.3) is 0 Å². The zero-order chi connectivity index (χ0) is 17.6. The van der Waals surface area contributed by atoms with Crippen LogP contribution in [-0.2, 0) is 16.0 Å². The van der Waals surface area contributed by atoms with Gasteiger partial charge >= 0.3 is 0 Å². The zero-order valence-corrected chi connectivity index (χ0v) is 13.6. The van der Waals surface area contributed by atoms with Crippen LogP contribution in [-0.4, -0.2) is 31.3 Å². The average Bonchev–Trinajstić information content (AvgIpc) is 3.06. The number of methoxy groups -OCH3 is 1. The van der Waals surface area contributed by atoms with Crippen LogP contribution in [0.2, 0.25) is 0 Å². The molecule has 4 rings (SSSR count). The Balaban J connectivity index is 1.63. The Morgan fingerprint density at radius 2 is 1.92 bits per heavy atom. The van der Waals surface area contributed by atoms with Gasteiger partial charge in [-0.3, -0.25) is 14.4 Å². The van der Waals surface area contributed by atoms with Crippen molar-refractivity contribution in [2.75, 3.05) is 23.9 Å². The first-order chi connectivity index (χ1) is 12.1. The molecule has 0 aliphatic carbocycles. The maximum atomic E-state index is 12.8. The van der Waals surface area contributed by atoms with Gasteiger partial charge in [-0.25, -0.2) is 0 Å². The van der Waals surface area contributed by atoms with E-state index in [1.165, 1.54) is 0 Å². The van der Waals surface area contributed by atoms with Crippen LogP contribution >= 0.6 is 0 Å². The van der Waals surface area contributed by atoms with E-state index < -0.39 is 23.5 Å². The van der Waals surface area contributed by atoms with E-state index in [-0.39, 0.29) is 0 Å². The first kappa shape index (κ1) is 15.4. The highest BCUT2D eigenvalue weighted by atomic mass is 16.5. The molecule has 2 aromatic carbocycles. The number of rotatable bonds is 3. The molecule has 1 unspecified atom stereocenters. The van der Waals surface area contributed by atoms with Crippen molar-refractivity contribution in [1.82, 2.24) is 0 Å². The summed E-state index contributed by atoms with van der Waals surface area (Å²) >= 11 is 0. The molecule has 2 aliphatic heterocycles. The highest BCUT2D eigenvalue weighted by molar-refractivity contribution is 6.33. The Kier molecular flexibility index (Phi) is 3.53. The van der Waals surface area contributed by atoms with E-state index in [4.69, 9.17) is 4.74 Å². The summed E-state index contributed by atoms with van der Waals surface area (Å²) in [6.45, 7) is 0.505. The van der Waals surface area contributed by atoms with E-state index in [2.05, 4.69) is 5.32 Å². The van der Waals surface area contributed by atoms with Crippen LogP contribution in [0.15, 0.2) is 42.5 Å². The lowest BCUT2D eigenvalue weighted by Crippen LogP contribution is -2.48. The van der Waals surface area contributed by atoms with E-state index in [0.29, 0.717) is 35.7 Å². The van der Waals surface area contributed by atoms with Crippen LogP contribution in [0.1, 0.15) is 15.9 Å². The summed E-state index contributed by atoms with van der Waals surface area (Å²) in [5, 5.41) is 2.65. The van der Waals surface area contributed by atoms with Crippen molar-refractivity contribution >= 4 is 29.0 Å². The molecule has 1 atom stereocenters. The number of benzene rings is 2. The number of hydrogen-bond donors (Lipinski definition) is 1. The van der Waals surface area contributed by atoms with Crippen LogP contribution in [0.25, 0.3) is 0 Å². The lowest BCUT2D eigenvalue weighted by Gasteiger charge is -2.29. The normalized spacial score (nSPS) is 18.1. The van der Waals surface area contributed by atoms with E-state index in [1.807, 2.05) is 6.07 Å². The number of ether oxygens (including phenoxy) is 1. The van der Waals surface area contributed by atoms with Gasteiger partial charge in [-0.05, 0) is 42.3 Å². The number of amides is 2. The second-order valence-electron chi connectivity index (χ2n) is 6.07. The largest absolute Gasteiger partial charge is 0.497 e. The van der Waals surface area contributed by atoms with E-state index >= 15 is 0 Å². The maximum Gasteiger partial charge on any atom is 0.247 e. The van der Waals surface area contributed by atoms with E-state index in [9.17, 15) is 14.4 Å². The minimum atomic E-state index is -1.34. The molecule has 0 radical (unpaired) electrons. The molecule has 0 saturated carbocycles. The number of hydrogen-bond acceptors (Lipinski definition) is 4. The summed E-state index contributed by atoms with van der Waals surface area (Å²) in [5.41, 5.74) is 2.61. The third-order valence-corrected chi connectivity index (χ3v) is 4.65. The Morgan fingerprint density at radius 1 is 1.16 bits per heavy atom. The van der Waals surface area contributed by atoms with Crippen molar-refractivity contribution in [3.8, 4) is 5.75 Å². The summed E-state index contributed by atoms with van der Waals surface area (Å²) < 4.78 is 5.07. The Labute approximate surface area is 144 Å². The van der Waals surface area contributed by atoms with Gasteiger partial charge in [-0.1, -0.05) is 12.1 Å². The molecule has 25 heavy (non-hydrogen) atoms. The number of Topliss-reactive ketones (excluding diaryl/α,β-unsaturated/α-hetero) is 1. The van der Waals surface area contributed by atoms with Gasteiger partial charge in [0.15, 0.2) is 11.7 Å². The number of nitrogens with zero attached hydrogens (tertiary/aromatic N) is 1. The van der Waals surface area contributed by atoms with Crippen LogP contribution in [0, 0.1) is 5.92 Å².